The number of nitrogens with zero attached hydrogens (tertiary/aromatic N) is 3. The standard InChI is InChI=1S/C23H36N4O3/c1-16-21(19(4)28)17(2)24-22(16)23(30)18(3)26-13-11-25(12-14-26)15-20(29)27-9-7-5-6-8-10-27/h18,24H,5-15H2,1-4H3/t18-/m0/s1. The van der Waals surface area contributed by atoms with Gasteiger partial charge in [-0.3, -0.25) is 24.2 Å². The summed E-state index contributed by atoms with van der Waals surface area (Å²) in [5, 5.41) is 0. The molecule has 0 unspecified atom stereocenters. The van der Waals surface area contributed by atoms with E-state index in [1.807, 2.05) is 25.7 Å². The molecular formula is C23H36N4O3. The van der Waals surface area contributed by atoms with E-state index >= 15 is 0 Å². The molecule has 0 radical (unpaired) electrons. The molecule has 2 aliphatic rings. The number of nitrogens with one attached hydrogen (secondary N) is 1. The minimum atomic E-state index is -0.259. The summed E-state index contributed by atoms with van der Waals surface area (Å²) in [5.41, 5.74) is 2.68. The summed E-state index contributed by atoms with van der Waals surface area (Å²) < 4.78 is 0. The van der Waals surface area contributed by atoms with Crippen molar-refractivity contribution in [1.82, 2.24) is 19.7 Å². The Morgan fingerprint density at radius 1 is 0.933 bits per heavy atom. The molecule has 1 atom stereocenters. The first-order chi connectivity index (χ1) is 14.3. The normalized spacial score (nSPS) is 20.1. The molecule has 0 aromatic carbocycles. The molecule has 0 aliphatic carbocycles. The molecule has 1 aromatic rings. The number of aromatic nitrogens is 1. The van der Waals surface area contributed by atoms with Crippen molar-refractivity contribution >= 4 is 17.5 Å². The predicted molar refractivity (Wildman–Crippen MR) is 117 cm³/mol. The molecule has 1 N–H and O–H groups in total. The van der Waals surface area contributed by atoms with Crippen molar-refractivity contribution in [3.63, 3.8) is 0 Å². The zero-order valence-corrected chi connectivity index (χ0v) is 18.9. The summed E-state index contributed by atoms with van der Waals surface area (Å²) in [6.07, 6.45) is 4.68. The van der Waals surface area contributed by atoms with Crippen molar-refractivity contribution in [3.8, 4) is 0 Å². The molecule has 30 heavy (non-hydrogen) atoms. The fraction of sp³-hybridized carbons (Fsp3) is 0.696. The number of carbonyl (C=O) groups excluding carboxylic acids is 3. The summed E-state index contributed by atoms with van der Waals surface area (Å²) in [7, 11) is 0. The van der Waals surface area contributed by atoms with Crippen LogP contribution in [0.2, 0.25) is 0 Å². The molecule has 7 nitrogen and oxygen atoms in total. The molecule has 0 spiro atoms. The number of ketones is 2. The zero-order chi connectivity index (χ0) is 21.8. The summed E-state index contributed by atoms with van der Waals surface area (Å²) in [6, 6.07) is -0.259. The average molecular weight is 417 g/mol. The third-order valence-corrected chi connectivity index (χ3v) is 6.69. The van der Waals surface area contributed by atoms with E-state index in [4.69, 9.17) is 0 Å². The van der Waals surface area contributed by atoms with Gasteiger partial charge in [-0.25, -0.2) is 0 Å². The fourth-order valence-corrected chi connectivity index (χ4v) is 4.82. The highest BCUT2D eigenvalue weighted by Crippen LogP contribution is 2.21. The van der Waals surface area contributed by atoms with Crippen molar-refractivity contribution in [1.29, 1.82) is 0 Å². The molecule has 1 aromatic heterocycles. The fourth-order valence-electron chi connectivity index (χ4n) is 4.82. The Balaban J connectivity index is 1.54. The third-order valence-electron chi connectivity index (χ3n) is 6.69. The van der Waals surface area contributed by atoms with Crippen LogP contribution in [0, 0.1) is 13.8 Å². The molecule has 0 saturated carbocycles. The molecular weight excluding hydrogens is 380 g/mol. The van der Waals surface area contributed by atoms with Crippen LogP contribution in [0.4, 0.5) is 0 Å². The quantitative estimate of drug-likeness (QED) is 0.721. The third kappa shape index (κ3) is 5.01. The SMILES string of the molecule is CC(=O)c1c(C)[nH]c(C(=O)[C@H](C)N2CCN(CC(=O)N3CCCCCC3)CC2)c1C. The van der Waals surface area contributed by atoms with Crippen LogP contribution in [0.1, 0.15) is 71.6 Å². The Morgan fingerprint density at radius 2 is 1.53 bits per heavy atom. The van der Waals surface area contributed by atoms with E-state index in [1.165, 1.54) is 19.8 Å². The Kier molecular flexibility index (Phi) is 7.47. The second-order valence-corrected chi connectivity index (χ2v) is 8.83. The van der Waals surface area contributed by atoms with Gasteiger partial charge in [-0.2, -0.15) is 0 Å². The van der Waals surface area contributed by atoms with E-state index < -0.39 is 0 Å². The lowest BCUT2D eigenvalue weighted by Gasteiger charge is -2.37. The number of rotatable bonds is 6. The van der Waals surface area contributed by atoms with E-state index in [2.05, 4.69) is 14.8 Å². The highest BCUT2D eigenvalue weighted by molar-refractivity contribution is 6.05. The molecule has 1 amide bonds. The van der Waals surface area contributed by atoms with Gasteiger partial charge in [0.25, 0.3) is 0 Å². The van der Waals surface area contributed by atoms with Gasteiger partial charge in [0.2, 0.25) is 5.91 Å². The van der Waals surface area contributed by atoms with Crippen molar-refractivity contribution in [3.05, 3.63) is 22.5 Å². The number of H-pyrrole nitrogens is 1. The molecule has 2 saturated heterocycles. The van der Waals surface area contributed by atoms with Gasteiger partial charge in [0, 0.05) is 50.5 Å². The maximum Gasteiger partial charge on any atom is 0.236 e. The van der Waals surface area contributed by atoms with Crippen LogP contribution in [-0.2, 0) is 4.79 Å². The molecule has 3 heterocycles. The van der Waals surface area contributed by atoms with Gasteiger partial charge in [0.05, 0.1) is 18.3 Å². The van der Waals surface area contributed by atoms with E-state index in [-0.39, 0.29) is 23.5 Å². The molecule has 2 fully saturated rings. The first kappa shape index (κ1) is 22.7. The number of aryl methyl sites for hydroxylation is 1. The van der Waals surface area contributed by atoms with Crippen LogP contribution in [0.25, 0.3) is 0 Å². The minimum Gasteiger partial charge on any atom is -0.355 e. The lowest BCUT2D eigenvalue weighted by Crippen LogP contribution is -2.53. The van der Waals surface area contributed by atoms with Crippen LogP contribution in [0.5, 0.6) is 0 Å². The van der Waals surface area contributed by atoms with Gasteiger partial charge in [-0.1, -0.05) is 12.8 Å². The summed E-state index contributed by atoms with van der Waals surface area (Å²) in [4.78, 5) is 47.1. The summed E-state index contributed by atoms with van der Waals surface area (Å²) in [5.74, 6) is 0.247. The lowest BCUT2D eigenvalue weighted by molar-refractivity contribution is -0.132. The topological polar surface area (TPSA) is 76.7 Å². The number of aromatic amines is 1. The van der Waals surface area contributed by atoms with Gasteiger partial charge < -0.3 is 9.88 Å². The number of carbonyl (C=O) groups is 3. The Bertz CT molecular complexity index is 785. The van der Waals surface area contributed by atoms with Crippen LogP contribution >= 0.6 is 0 Å². The molecule has 7 heteroatoms. The second-order valence-electron chi connectivity index (χ2n) is 8.83. The first-order valence-electron chi connectivity index (χ1n) is 11.3. The van der Waals surface area contributed by atoms with Crippen molar-refractivity contribution in [2.75, 3.05) is 45.8 Å². The molecule has 2 aliphatic heterocycles. The Morgan fingerprint density at radius 3 is 2.07 bits per heavy atom. The maximum absolute atomic E-state index is 13.1. The lowest BCUT2D eigenvalue weighted by atomic mass is 10.0. The molecule has 3 rings (SSSR count). The van der Waals surface area contributed by atoms with Crippen LogP contribution in [0.3, 0.4) is 0 Å². The number of hydrogen-bond acceptors (Lipinski definition) is 5. The van der Waals surface area contributed by atoms with Crippen LogP contribution < -0.4 is 0 Å². The highest BCUT2D eigenvalue weighted by Gasteiger charge is 2.30. The summed E-state index contributed by atoms with van der Waals surface area (Å²) in [6.45, 7) is 12.5. The number of piperazine rings is 1. The molecule has 166 valence electrons. The first-order valence-corrected chi connectivity index (χ1v) is 11.3. The van der Waals surface area contributed by atoms with E-state index in [0.717, 1.165) is 63.4 Å². The highest BCUT2D eigenvalue weighted by atomic mass is 16.2. The van der Waals surface area contributed by atoms with Gasteiger partial charge in [0.15, 0.2) is 11.6 Å². The Labute approximate surface area is 179 Å². The van der Waals surface area contributed by atoms with E-state index in [1.54, 1.807) is 0 Å². The van der Waals surface area contributed by atoms with Gasteiger partial charge in [-0.15, -0.1) is 0 Å². The molecule has 0 bridgehead atoms. The monoisotopic (exact) mass is 416 g/mol. The maximum atomic E-state index is 13.1. The van der Waals surface area contributed by atoms with E-state index in [0.29, 0.717) is 17.8 Å². The van der Waals surface area contributed by atoms with Crippen LogP contribution in [0.15, 0.2) is 0 Å². The second kappa shape index (κ2) is 9.88. The zero-order valence-electron chi connectivity index (χ0n) is 18.9. The Hall–Kier alpha value is -1.99. The summed E-state index contributed by atoms with van der Waals surface area (Å²) >= 11 is 0. The largest absolute Gasteiger partial charge is 0.355 e. The van der Waals surface area contributed by atoms with E-state index in [9.17, 15) is 14.4 Å². The number of amides is 1. The number of likely N-dealkylation sites (tertiary alicyclic amines) is 1. The smallest absolute Gasteiger partial charge is 0.236 e. The van der Waals surface area contributed by atoms with Crippen molar-refractivity contribution < 1.29 is 14.4 Å². The number of hydrogen-bond donors (Lipinski definition) is 1. The average Bonchev–Trinajstić information content (AvgIpc) is 2.89. The van der Waals surface area contributed by atoms with Gasteiger partial charge >= 0.3 is 0 Å². The van der Waals surface area contributed by atoms with Crippen molar-refractivity contribution in [2.45, 2.75) is 59.4 Å². The number of Topliss-reactive ketones (excluding diaryl/α,β-unsaturated/α-hetero) is 2. The van der Waals surface area contributed by atoms with Crippen LogP contribution in [-0.4, -0.2) is 89.0 Å². The van der Waals surface area contributed by atoms with Gasteiger partial charge in [0.1, 0.15) is 0 Å². The van der Waals surface area contributed by atoms with Crippen molar-refractivity contribution in [2.24, 2.45) is 0 Å². The predicted octanol–water partition coefficient (Wildman–Crippen LogP) is 2.43. The van der Waals surface area contributed by atoms with Gasteiger partial charge in [-0.05, 0) is 46.1 Å². The minimum absolute atomic E-state index is 0.0179.